The number of nitrogens with one attached hydrogen (secondary N) is 1. The van der Waals surface area contributed by atoms with Gasteiger partial charge >= 0.3 is 0 Å². The molecule has 0 unspecified atom stereocenters. The van der Waals surface area contributed by atoms with Crippen molar-refractivity contribution >= 4 is 11.7 Å². The minimum atomic E-state index is 0.0661. The zero-order valence-electron chi connectivity index (χ0n) is 9.58. The van der Waals surface area contributed by atoms with E-state index in [1.54, 1.807) is 6.20 Å². The summed E-state index contributed by atoms with van der Waals surface area (Å²) in [5, 5.41) is 2.82. The first-order valence-electron chi connectivity index (χ1n) is 5.40. The SMILES string of the molecule is CCC(CC)C(=O)Nc1ccc(C)cn1. The standard InChI is InChI=1S/C12H18N2O/c1-4-10(5-2)12(15)14-11-7-6-9(3)8-13-11/h6-8,10H,4-5H2,1-3H3,(H,13,14,15). The molecule has 3 nitrogen and oxygen atoms in total. The molecule has 1 aromatic rings. The molecule has 1 amide bonds. The van der Waals surface area contributed by atoms with Gasteiger partial charge in [0.2, 0.25) is 5.91 Å². The van der Waals surface area contributed by atoms with Crippen LogP contribution in [0, 0.1) is 12.8 Å². The second kappa shape index (κ2) is 5.49. The van der Waals surface area contributed by atoms with Gasteiger partial charge < -0.3 is 5.32 Å². The summed E-state index contributed by atoms with van der Waals surface area (Å²) in [6.07, 6.45) is 3.49. The number of aromatic nitrogens is 1. The molecule has 1 heterocycles. The van der Waals surface area contributed by atoms with Crippen LogP contribution < -0.4 is 5.32 Å². The number of amides is 1. The number of carbonyl (C=O) groups is 1. The molecule has 0 radical (unpaired) electrons. The Balaban J connectivity index is 2.61. The Morgan fingerprint density at radius 3 is 2.53 bits per heavy atom. The maximum atomic E-state index is 11.7. The number of carbonyl (C=O) groups excluding carboxylic acids is 1. The molecule has 1 aromatic heterocycles. The van der Waals surface area contributed by atoms with E-state index in [1.807, 2.05) is 32.9 Å². The molecule has 0 aliphatic rings. The molecule has 0 spiro atoms. The Morgan fingerprint density at radius 1 is 1.40 bits per heavy atom. The lowest BCUT2D eigenvalue weighted by molar-refractivity contribution is -0.120. The van der Waals surface area contributed by atoms with E-state index in [4.69, 9.17) is 0 Å². The zero-order chi connectivity index (χ0) is 11.3. The van der Waals surface area contributed by atoms with Crippen LogP contribution in [-0.2, 0) is 4.79 Å². The van der Waals surface area contributed by atoms with E-state index >= 15 is 0 Å². The van der Waals surface area contributed by atoms with E-state index in [0.29, 0.717) is 5.82 Å². The van der Waals surface area contributed by atoms with E-state index in [2.05, 4.69) is 10.3 Å². The van der Waals surface area contributed by atoms with Gasteiger partial charge in [0.15, 0.2) is 0 Å². The van der Waals surface area contributed by atoms with Crippen molar-refractivity contribution in [1.82, 2.24) is 4.98 Å². The van der Waals surface area contributed by atoms with Crippen molar-refractivity contribution in [3.8, 4) is 0 Å². The van der Waals surface area contributed by atoms with Crippen LogP contribution in [0.15, 0.2) is 18.3 Å². The van der Waals surface area contributed by atoms with Gasteiger partial charge in [0.25, 0.3) is 0 Å². The Kier molecular flexibility index (Phi) is 4.28. The van der Waals surface area contributed by atoms with E-state index < -0.39 is 0 Å². The average Bonchev–Trinajstić information content (AvgIpc) is 2.23. The fourth-order valence-electron chi connectivity index (χ4n) is 1.43. The number of rotatable bonds is 4. The average molecular weight is 206 g/mol. The summed E-state index contributed by atoms with van der Waals surface area (Å²) in [5.74, 6) is 0.793. The highest BCUT2D eigenvalue weighted by Gasteiger charge is 2.14. The lowest BCUT2D eigenvalue weighted by Gasteiger charge is -2.11. The molecular formula is C12H18N2O. The number of pyridine rings is 1. The van der Waals surface area contributed by atoms with Gasteiger partial charge in [-0.1, -0.05) is 19.9 Å². The molecule has 0 saturated heterocycles. The highest BCUT2D eigenvalue weighted by atomic mass is 16.1. The van der Waals surface area contributed by atoms with Crippen LogP contribution in [0.4, 0.5) is 5.82 Å². The summed E-state index contributed by atoms with van der Waals surface area (Å²) in [7, 11) is 0. The topological polar surface area (TPSA) is 42.0 Å². The summed E-state index contributed by atoms with van der Waals surface area (Å²) in [6.45, 7) is 6.02. The van der Waals surface area contributed by atoms with Gasteiger partial charge in [-0.25, -0.2) is 4.98 Å². The van der Waals surface area contributed by atoms with Crippen LogP contribution in [0.1, 0.15) is 32.3 Å². The molecule has 0 bridgehead atoms. The smallest absolute Gasteiger partial charge is 0.228 e. The third-order valence-corrected chi connectivity index (χ3v) is 2.52. The molecule has 0 aliphatic carbocycles. The normalized spacial score (nSPS) is 10.4. The molecule has 3 heteroatoms. The van der Waals surface area contributed by atoms with Gasteiger partial charge in [0.05, 0.1) is 0 Å². The van der Waals surface area contributed by atoms with E-state index in [1.165, 1.54) is 0 Å². The molecule has 1 N–H and O–H groups in total. The number of hydrogen-bond acceptors (Lipinski definition) is 2. The largest absolute Gasteiger partial charge is 0.310 e. The molecular weight excluding hydrogens is 188 g/mol. The van der Waals surface area contributed by atoms with Crippen LogP contribution in [0.25, 0.3) is 0 Å². The van der Waals surface area contributed by atoms with Crippen molar-refractivity contribution in [2.24, 2.45) is 5.92 Å². The third-order valence-electron chi connectivity index (χ3n) is 2.52. The van der Waals surface area contributed by atoms with Gasteiger partial charge in [-0.2, -0.15) is 0 Å². The van der Waals surface area contributed by atoms with Crippen LogP contribution in [0.3, 0.4) is 0 Å². The minimum absolute atomic E-state index is 0.0661. The lowest BCUT2D eigenvalue weighted by Crippen LogP contribution is -2.22. The van der Waals surface area contributed by atoms with Gasteiger partial charge in [0, 0.05) is 12.1 Å². The van der Waals surface area contributed by atoms with Crippen molar-refractivity contribution < 1.29 is 4.79 Å². The van der Waals surface area contributed by atoms with Crippen LogP contribution in [0.5, 0.6) is 0 Å². The number of aryl methyl sites for hydroxylation is 1. The molecule has 82 valence electrons. The Morgan fingerprint density at radius 2 is 2.07 bits per heavy atom. The first-order valence-corrected chi connectivity index (χ1v) is 5.40. The van der Waals surface area contributed by atoms with Gasteiger partial charge in [-0.05, 0) is 31.4 Å². The molecule has 0 aliphatic heterocycles. The summed E-state index contributed by atoms with van der Waals surface area (Å²) in [6, 6.07) is 3.77. The lowest BCUT2D eigenvalue weighted by atomic mass is 10.0. The maximum Gasteiger partial charge on any atom is 0.228 e. The summed E-state index contributed by atoms with van der Waals surface area (Å²) >= 11 is 0. The zero-order valence-corrected chi connectivity index (χ0v) is 9.58. The van der Waals surface area contributed by atoms with Gasteiger partial charge in [-0.3, -0.25) is 4.79 Å². The predicted octanol–water partition coefficient (Wildman–Crippen LogP) is 2.76. The predicted molar refractivity (Wildman–Crippen MR) is 61.7 cm³/mol. The number of anilines is 1. The van der Waals surface area contributed by atoms with Crippen molar-refractivity contribution in [2.75, 3.05) is 5.32 Å². The molecule has 0 atom stereocenters. The fraction of sp³-hybridized carbons (Fsp3) is 0.500. The van der Waals surface area contributed by atoms with Crippen molar-refractivity contribution in [3.05, 3.63) is 23.9 Å². The quantitative estimate of drug-likeness (QED) is 0.823. The Hall–Kier alpha value is -1.38. The van der Waals surface area contributed by atoms with Crippen LogP contribution in [0.2, 0.25) is 0 Å². The van der Waals surface area contributed by atoms with Gasteiger partial charge in [0.1, 0.15) is 5.82 Å². The summed E-state index contributed by atoms with van der Waals surface area (Å²) in [5.41, 5.74) is 1.09. The molecule has 0 saturated carbocycles. The second-order valence-corrected chi connectivity index (χ2v) is 3.72. The van der Waals surface area contributed by atoms with Gasteiger partial charge in [-0.15, -0.1) is 0 Å². The molecule has 0 fully saturated rings. The number of nitrogens with zero attached hydrogens (tertiary/aromatic N) is 1. The molecule has 1 rings (SSSR count). The highest BCUT2D eigenvalue weighted by Crippen LogP contribution is 2.11. The fourth-order valence-corrected chi connectivity index (χ4v) is 1.43. The maximum absolute atomic E-state index is 11.7. The van der Waals surface area contributed by atoms with E-state index in [-0.39, 0.29) is 11.8 Å². The third kappa shape index (κ3) is 3.35. The van der Waals surface area contributed by atoms with E-state index in [9.17, 15) is 4.79 Å². The van der Waals surface area contributed by atoms with E-state index in [0.717, 1.165) is 18.4 Å². The summed E-state index contributed by atoms with van der Waals surface area (Å²) in [4.78, 5) is 15.8. The van der Waals surface area contributed by atoms with Crippen LogP contribution >= 0.6 is 0 Å². The first-order chi connectivity index (χ1) is 7.17. The number of hydrogen-bond donors (Lipinski definition) is 1. The van der Waals surface area contributed by atoms with Crippen LogP contribution in [-0.4, -0.2) is 10.9 Å². The molecule has 0 aromatic carbocycles. The minimum Gasteiger partial charge on any atom is -0.310 e. The highest BCUT2D eigenvalue weighted by molar-refractivity contribution is 5.91. The Bertz CT molecular complexity index is 315. The van der Waals surface area contributed by atoms with Crippen molar-refractivity contribution in [3.63, 3.8) is 0 Å². The monoisotopic (exact) mass is 206 g/mol. The summed E-state index contributed by atoms with van der Waals surface area (Å²) < 4.78 is 0. The second-order valence-electron chi connectivity index (χ2n) is 3.72. The van der Waals surface area contributed by atoms with Crippen molar-refractivity contribution in [1.29, 1.82) is 0 Å². The van der Waals surface area contributed by atoms with Crippen molar-refractivity contribution in [2.45, 2.75) is 33.6 Å². The molecule has 15 heavy (non-hydrogen) atoms. The first kappa shape index (κ1) is 11.7. The Labute approximate surface area is 90.9 Å².